The van der Waals surface area contributed by atoms with Crippen LogP contribution in [0.4, 0.5) is 0 Å². The molecular formula is C18H18O8. The second-order valence-electron chi connectivity index (χ2n) is 6.07. The molecule has 0 bridgehead atoms. The Morgan fingerprint density at radius 3 is 2.50 bits per heavy atom. The Balaban J connectivity index is 2.11. The summed E-state index contributed by atoms with van der Waals surface area (Å²) in [6, 6.07) is 2.73. The molecule has 1 heterocycles. The maximum Gasteiger partial charge on any atom is 0.308 e. The molecule has 2 aliphatic rings. The van der Waals surface area contributed by atoms with Gasteiger partial charge in [0.1, 0.15) is 6.10 Å². The van der Waals surface area contributed by atoms with Crippen LogP contribution in [0.5, 0.6) is 11.5 Å². The lowest BCUT2D eigenvalue weighted by Crippen LogP contribution is -2.47. The first-order chi connectivity index (χ1) is 12.3. The molecule has 8 heteroatoms. The van der Waals surface area contributed by atoms with Gasteiger partial charge in [0.15, 0.2) is 23.1 Å². The van der Waals surface area contributed by atoms with Gasteiger partial charge in [-0.3, -0.25) is 14.4 Å². The fraction of sp³-hybridized carbons (Fsp3) is 0.389. The molecule has 0 radical (unpaired) electrons. The lowest BCUT2D eigenvalue weighted by atomic mass is 9.76. The monoisotopic (exact) mass is 362 g/mol. The maximum absolute atomic E-state index is 12.9. The van der Waals surface area contributed by atoms with Crippen LogP contribution < -0.4 is 4.74 Å². The Morgan fingerprint density at radius 2 is 1.88 bits per heavy atom. The van der Waals surface area contributed by atoms with E-state index in [4.69, 9.17) is 9.47 Å². The predicted octanol–water partition coefficient (Wildman–Crippen LogP) is 0.788. The molecule has 0 fully saturated rings. The van der Waals surface area contributed by atoms with Crippen LogP contribution in [0.15, 0.2) is 23.3 Å². The van der Waals surface area contributed by atoms with Crippen molar-refractivity contribution < 1.29 is 38.8 Å². The maximum atomic E-state index is 12.9. The van der Waals surface area contributed by atoms with Gasteiger partial charge in [0, 0.05) is 16.7 Å². The Morgan fingerprint density at radius 1 is 1.19 bits per heavy atom. The van der Waals surface area contributed by atoms with Crippen LogP contribution in [-0.2, 0) is 14.3 Å². The number of phenols is 1. The largest absolute Gasteiger partial charge is 0.504 e. The molecular weight excluding hydrogens is 344 g/mol. The zero-order chi connectivity index (χ0) is 19.2. The SMILES string of the molecule is COC(=O)CC1OC(C)C2=C(C(=O)c3ccc(OC)c(O)c3C2=O)C1O. The third-order valence-electron chi connectivity index (χ3n) is 4.64. The quantitative estimate of drug-likeness (QED) is 0.758. The summed E-state index contributed by atoms with van der Waals surface area (Å²) in [5.41, 5.74) is -0.349. The van der Waals surface area contributed by atoms with Gasteiger partial charge in [0.05, 0.1) is 38.4 Å². The summed E-state index contributed by atoms with van der Waals surface area (Å²) < 4.78 is 15.1. The number of ketones is 2. The molecule has 0 saturated carbocycles. The van der Waals surface area contributed by atoms with E-state index in [0.717, 1.165) is 0 Å². The summed E-state index contributed by atoms with van der Waals surface area (Å²) in [5, 5.41) is 20.8. The number of carbonyl (C=O) groups excluding carboxylic acids is 3. The zero-order valence-electron chi connectivity index (χ0n) is 14.4. The van der Waals surface area contributed by atoms with Crippen molar-refractivity contribution in [3.8, 4) is 11.5 Å². The zero-order valence-corrected chi connectivity index (χ0v) is 14.4. The third-order valence-corrected chi connectivity index (χ3v) is 4.64. The summed E-state index contributed by atoms with van der Waals surface area (Å²) in [6.07, 6.45) is -3.59. The number of aliphatic hydroxyl groups excluding tert-OH is 1. The summed E-state index contributed by atoms with van der Waals surface area (Å²) in [6.45, 7) is 1.54. The van der Waals surface area contributed by atoms with E-state index in [1.165, 1.54) is 26.4 Å². The highest BCUT2D eigenvalue weighted by Gasteiger charge is 2.46. The minimum Gasteiger partial charge on any atom is -0.504 e. The van der Waals surface area contributed by atoms with Gasteiger partial charge in [0.25, 0.3) is 0 Å². The Hall–Kier alpha value is -2.71. The highest BCUT2D eigenvalue weighted by atomic mass is 16.5. The number of carbonyl (C=O) groups is 3. The van der Waals surface area contributed by atoms with Gasteiger partial charge in [-0.05, 0) is 19.1 Å². The molecule has 1 aliphatic carbocycles. The van der Waals surface area contributed by atoms with Gasteiger partial charge in [-0.25, -0.2) is 0 Å². The van der Waals surface area contributed by atoms with Gasteiger partial charge >= 0.3 is 5.97 Å². The first-order valence-corrected chi connectivity index (χ1v) is 7.95. The number of methoxy groups -OCH3 is 2. The number of phenolic OH excluding ortho intramolecular Hbond substituents is 1. The van der Waals surface area contributed by atoms with E-state index in [0.29, 0.717) is 0 Å². The summed E-state index contributed by atoms with van der Waals surface area (Å²) in [5.74, 6) is -2.20. The molecule has 8 nitrogen and oxygen atoms in total. The fourth-order valence-corrected chi connectivity index (χ4v) is 3.38. The number of benzene rings is 1. The van der Waals surface area contributed by atoms with E-state index < -0.39 is 41.6 Å². The van der Waals surface area contributed by atoms with E-state index >= 15 is 0 Å². The molecule has 1 aromatic rings. The van der Waals surface area contributed by atoms with Crippen LogP contribution in [0.2, 0.25) is 0 Å². The van der Waals surface area contributed by atoms with Crippen molar-refractivity contribution in [3.05, 3.63) is 34.4 Å². The predicted molar refractivity (Wildman–Crippen MR) is 87.3 cm³/mol. The van der Waals surface area contributed by atoms with Gasteiger partial charge in [-0.15, -0.1) is 0 Å². The van der Waals surface area contributed by atoms with Gasteiger partial charge in [-0.2, -0.15) is 0 Å². The standard InChI is InChI=1S/C18H18O8/c1-7-12-14(17(22)10(26-7)6-11(19)25-3)15(20)8-4-5-9(24-2)16(21)13(8)18(12)23/h4-5,7,10,17,21-22H,6H2,1-3H3. The normalized spacial score (nSPS) is 24.8. The first kappa shape index (κ1) is 18.1. The van der Waals surface area contributed by atoms with Crippen molar-refractivity contribution in [1.82, 2.24) is 0 Å². The Kier molecular flexibility index (Phi) is 4.55. The smallest absolute Gasteiger partial charge is 0.308 e. The molecule has 138 valence electrons. The molecule has 3 rings (SSSR count). The van der Waals surface area contributed by atoms with Crippen molar-refractivity contribution in [2.75, 3.05) is 14.2 Å². The van der Waals surface area contributed by atoms with Crippen LogP contribution >= 0.6 is 0 Å². The molecule has 1 aromatic carbocycles. The van der Waals surface area contributed by atoms with E-state index in [1.807, 2.05) is 0 Å². The van der Waals surface area contributed by atoms with Crippen LogP contribution in [0.3, 0.4) is 0 Å². The lowest BCUT2D eigenvalue weighted by molar-refractivity contribution is -0.148. The number of aliphatic hydroxyl groups is 1. The molecule has 0 saturated heterocycles. The van der Waals surface area contributed by atoms with Crippen molar-refractivity contribution in [3.63, 3.8) is 0 Å². The van der Waals surface area contributed by atoms with Gasteiger partial charge in [-0.1, -0.05) is 0 Å². The molecule has 26 heavy (non-hydrogen) atoms. The fourth-order valence-electron chi connectivity index (χ4n) is 3.38. The molecule has 2 N–H and O–H groups in total. The van der Waals surface area contributed by atoms with Crippen LogP contribution in [-0.4, -0.2) is 60.3 Å². The number of rotatable bonds is 3. The van der Waals surface area contributed by atoms with E-state index in [2.05, 4.69) is 4.74 Å². The lowest BCUT2D eigenvalue weighted by Gasteiger charge is -2.37. The average Bonchev–Trinajstić information content (AvgIpc) is 2.61. The van der Waals surface area contributed by atoms with Gasteiger partial charge < -0.3 is 24.4 Å². The van der Waals surface area contributed by atoms with Crippen molar-refractivity contribution >= 4 is 17.5 Å². The topological polar surface area (TPSA) is 119 Å². The summed E-state index contributed by atoms with van der Waals surface area (Å²) in [7, 11) is 2.53. The minimum absolute atomic E-state index is 0.0281. The number of aromatic hydroxyl groups is 1. The van der Waals surface area contributed by atoms with E-state index in [1.54, 1.807) is 6.92 Å². The highest BCUT2D eigenvalue weighted by Crippen LogP contribution is 2.42. The Labute approximate surface area is 149 Å². The number of esters is 1. The molecule has 0 amide bonds. The molecule has 0 spiro atoms. The van der Waals surface area contributed by atoms with Crippen molar-refractivity contribution in [2.24, 2.45) is 0 Å². The summed E-state index contributed by atoms with van der Waals surface area (Å²) >= 11 is 0. The first-order valence-electron chi connectivity index (χ1n) is 7.95. The second kappa shape index (κ2) is 6.54. The number of ether oxygens (including phenoxy) is 3. The number of hydrogen-bond donors (Lipinski definition) is 2. The van der Waals surface area contributed by atoms with E-state index in [-0.39, 0.29) is 34.4 Å². The van der Waals surface area contributed by atoms with Gasteiger partial charge in [0.2, 0.25) is 0 Å². The molecule has 3 unspecified atom stereocenters. The van der Waals surface area contributed by atoms with Crippen LogP contribution in [0.1, 0.15) is 34.1 Å². The number of fused-ring (bicyclic) bond motifs is 1. The van der Waals surface area contributed by atoms with E-state index in [9.17, 15) is 24.6 Å². The average molecular weight is 362 g/mol. The number of hydrogen-bond acceptors (Lipinski definition) is 8. The molecule has 3 atom stereocenters. The van der Waals surface area contributed by atoms with Crippen molar-refractivity contribution in [1.29, 1.82) is 0 Å². The molecule has 1 aliphatic heterocycles. The van der Waals surface area contributed by atoms with Crippen molar-refractivity contribution in [2.45, 2.75) is 31.7 Å². The molecule has 0 aromatic heterocycles. The van der Waals surface area contributed by atoms with Crippen LogP contribution in [0.25, 0.3) is 0 Å². The highest BCUT2D eigenvalue weighted by molar-refractivity contribution is 6.29. The Bertz CT molecular complexity index is 838. The second-order valence-corrected chi connectivity index (χ2v) is 6.07. The minimum atomic E-state index is -1.46. The number of Topliss-reactive ketones (excluding diaryl/α,β-unsaturated/α-hetero) is 2. The third kappa shape index (κ3) is 2.58. The summed E-state index contributed by atoms with van der Waals surface area (Å²) in [4.78, 5) is 37.4. The van der Waals surface area contributed by atoms with Crippen LogP contribution in [0, 0.1) is 0 Å².